The number of hydrogen-bond donors (Lipinski definition) is 0. The van der Waals surface area contributed by atoms with Crippen molar-refractivity contribution in [1.82, 2.24) is 4.90 Å². The third-order valence-corrected chi connectivity index (χ3v) is 5.33. The summed E-state index contributed by atoms with van der Waals surface area (Å²) in [5.41, 5.74) is 1.56. The van der Waals surface area contributed by atoms with Crippen LogP contribution in [0.2, 0.25) is 6.04 Å². The standard InChI is InChI=1S/C12H27NSi/c1-6-13(7-2)9-8-10-14-12(5)11(3)4/h6-10,14H2,1-5H3. The highest BCUT2D eigenvalue weighted by Gasteiger charge is 1.99. The van der Waals surface area contributed by atoms with Gasteiger partial charge in [-0.2, -0.15) is 0 Å². The molecule has 0 bridgehead atoms. The first-order valence-corrected chi connectivity index (χ1v) is 7.67. The predicted octanol–water partition coefficient (Wildman–Crippen LogP) is 2.62. The zero-order valence-electron chi connectivity index (χ0n) is 10.7. The lowest BCUT2D eigenvalue weighted by atomic mass is 10.3. The topological polar surface area (TPSA) is 3.24 Å². The molecule has 0 aromatic heterocycles. The predicted molar refractivity (Wildman–Crippen MR) is 69.8 cm³/mol. The van der Waals surface area contributed by atoms with Gasteiger partial charge in [-0.05, 0) is 46.8 Å². The second-order valence-electron chi connectivity index (χ2n) is 4.26. The maximum absolute atomic E-state index is 2.52. The first-order chi connectivity index (χ1) is 6.61. The smallest absolute Gasteiger partial charge is 0.0491 e. The molecule has 0 aromatic carbocycles. The van der Waals surface area contributed by atoms with Crippen molar-refractivity contribution in [3.05, 3.63) is 10.8 Å². The van der Waals surface area contributed by atoms with Crippen LogP contribution < -0.4 is 0 Å². The van der Waals surface area contributed by atoms with Crippen LogP contribution in [0, 0.1) is 0 Å². The van der Waals surface area contributed by atoms with Crippen LogP contribution in [0.25, 0.3) is 0 Å². The molecule has 0 rings (SSSR count). The maximum atomic E-state index is 2.52. The van der Waals surface area contributed by atoms with Crippen LogP contribution in [0.5, 0.6) is 0 Å². The molecule has 0 N–H and O–H groups in total. The minimum absolute atomic E-state index is 0.0829. The average Bonchev–Trinajstić information content (AvgIpc) is 2.17. The van der Waals surface area contributed by atoms with Gasteiger partial charge in [0.05, 0.1) is 0 Å². The zero-order chi connectivity index (χ0) is 11.0. The van der Waals surface area contributed by atoms with Gasteiger partial charge in [-0.25, -0.2) is 0 Å². The van der Waals surface area contributed by atoms with Crippen LogP contribution in [0.4, 0.5) is 0 Å². The monoisotopic (exact) mass is 213 g/mol. The first-order valence-electron chi connectivity index (χ1n) is 5.97. The van der Waals surface area contributed by atoms with E-state index in [1.807, 2.05) is 0 Å². The molecule has 0 aromatic rings. The minimum atomic E-state index is 0.0829. The van der Waals surface area contributed by atoms with Crippen molar-refractivity contribution < 1.29 is 0 Å². The van der Waals surface area contributed by atoms with Gasteiger partial charge in [-0.15, -0.1) is 0 Å². The Morgan fingerprint density at radius 3 is 2.07 bits per heavy atom. The van der Waals surface area contributed by atoms with Gasteiger partial charge in [-0.1, -0.05) is 30.7 Å². The van der Waals surface area contributed by atoms with Crippen molar-refractivity contribution in [3.8, 4) is 0 Å². The highest BCUT2D eigenvalue weighted by molar-refractivity contribution is 6.45. The third kappa shape index (κ3) is 6.38. The summed E-state index contributed by atoms with van der Waals surface area (Å²) in [6.07, 6.45) is 1.40. The summed E-state index contributed by atoms with van der Waals surface area (Å²) in [5.74, 6) is 0. The fourth-order valence-electron chi connectivity index (χ4n) is 1.52. The Hall–Kier alpha value is -0.0831. The SMILES string of the molecule is CCN(CC)CCC[SiH2]C(C)=C(C)C. The molecule has 0 heterocycles. The van der Waals surface area contributed by atoms with E-state index in [9.17, 15) is 0 Å². The van der Waals surface area contributed by atoms with Crippen LogP contribution in [-0.2, 0) is 0 Å². The fraction of sp³-hybridized carbons (Fsp3) is 0.833. The second-order valence-corrected chi connectivity index (χ2v) is 6.53. The number of rotatable bonds is 7. The van der Waals surface area contributed by atoms with E-state index in [0.717, 1.165) is 0 Å². The van der Waals surface area contributed by atoms with Gasteiger partial charge in [0.2, 0.25) is 0 Å². The van der Waals surface area contributed by atoms with E-state index in [4.69, 9.17) is 0 Å². The van der Waals surface area contributed by atoms with Gasteiger partial charge in [0.1, 0.15) is 0 Å². The molecule has 0 aliphatic carbocycles. The summed E-state index contributed by atoms with van der Waals surface area (Å²) in [7, 11) is 0.0829. The molecule has 1 nitrogen and oxygen atoms in total. The zero-order valence-corrected chi connectivity index (χ0v) is 12.1. The van der Waals surface area contributed by atoms with Gasteiger partial charge in [0, 0.05) is 9.52 Å². The van der Waals surface area contributed by atoms with Crippen LogP contribution in [-0.4, -0.2) is 34.1 Å². The summed E-state index contributed by atoms with van der Waals surface area (Å²) < 4.78 is 0. The van der Waals surface area contributed by atoms with E-state index in [1.165, 1.54) is 32.1 Å². The Labute approximate surface area is 92.4 Å². The molecule has 2 heteroatoms. The normalized spacial score (nSPS) is 11.6. The van der Waals surface area contributed by atoms with Gasteiger partial charge < -0.3 is 4.90 Å². The second kappa shape index (κ2) is 8.24. The van der Waals surface area contributed by atoms with E-state index in [1.54, 1.807) is 10.8 Å². The van der Waals surface area contributed by atoms with Crippen molar-refractivity contribution in [3.63, 3.8) is 0 Å². The molecule has 0 fully saturated rings. The molecule has 0 amide bonds. The summed E-state index contributed by atoms with van der Waals surface area (Å²) in [4.78, 5) is 2.52. The quantitative estimate of drug-likeness (QED) is 0.464. The van der Waals surface area contributed by atoms with Gasteiger partial charge in [-0.3, -0.25) is 0 Å². The molecule has 0 radical (unpaired) electrons. The summed E-state index contributed by atoms with van der Waals surface area (Å²) >= 11 is 0. The van der Waals surface area contributed by atoms with Gasteiger partial charge in [0.25, 0.3) is 0 Å². The van der Waals surface area contributed by atoms with Crippen LogP contribution in [0.3, 0.4) is 0 Å². The van der Waals surface area contributed by atoms with Crippen molar-refractivity contribution >= 4 is 9.52 Å². The number of hydrogen-bond acceptors (Lipinski definition) is 1. The molecular formula is C12H27NSi. The molecule has 0 unspecified atom stereocenters. The Balaban J connectivity index is 3.51. The Bertz CT molecular complexity index is 167. The average molecular weight is 213 g/mol. The first kappa shape index (κ1) is 13.9. The Morgan fingerprint density at radius 1 is 1.07 bits per heavy atom. The number of allylic oxidation sites excluding steroid dienone is 2. The molecule has 84 valence electrons. The van der Waals surface area contributed by atoms with Crippen LogP contribution >= 0.6 is 0 Å². The molecule has 0 aliphatic rings. The largest absolute Gasteiger partial charge is 0.304 e. The highest BCUT2D eigenvalue weighted by atomic mass is 28.2. The van der Waals surface area contributed by atoms with E-state index in [0.29, 0.717) is 0 Å². The molecular weight excluding hydrogens is 186 g/mol. The highest BCUT2D eigenvalue weighted by Crippen LogP contribution is 2.04. The van der Waals surface area contributed by atoms with E-state index in [-0.39, 0.29) is 9.52 Å². The maximum Gasteiger partial charge on any atom is 0.0491 e. The van der Waals surface area contributed by atoms with Crippen LogP contribution in [0.15, 0.2) is 10.8 Å². The van der Waals surface area contributed by atoms with Gasteiger partial charge in [0.15, 0.2) is 0 Å². The van der Waals surface area contributed by atoms with E-state index >= 15 is 0 Å². The summed E-state index contributed by atoms with van der Waals surface area (Å²) in [5, 5.41) is 1.71. The Morgan fingerprint density at radius 2 is 1.64 bits per heavy atom. The summed E-state index contributed by atoms with van der Waals surface area (Å²) in [6, 6.07) is 1.48. The molecule has 14 heavy (non-hydrogen) atoms. The lowest BCUT2D eigenvalue weighted by Gasteiger charge is -2.17. The van der Waals surface area contributed by atoms with Crippen molar-refractivity contribution in [2.24, 2.45) is 0 Å². The summed E-state index contributed by atoms with van der Waals surface area (Å²) in [6.45, 7) is 15.0. The lowest BCUT2D eigenvalue weighted by Crippen LogP contribution is -2.24. The third-order valence-electron chi connectivity index (χ3n) is 3.02. The minimum Gasteiger partial charge on any atom is -0.304 e. The molecule has 0 saturated heterocycles. The van der Waals surface area contributed by atoms with Crippen molar-refractivity contribution in [1.29, 1.82) is 0 Å². The molecule has 0 spiro atoms. The van der Waals surface area contributed by atoms with Crippen molar-refractivity contribution in [2.45, 2.75) is 47.1 Å². The molecule has 0 atom stereocenters. The van der Waals surface area contributed by atoms with Crippen LogP contribution in [0.1, 0.15) is 41.0 Å². The molecule has 0 aliphatic heterocycles. The van der Waals surface area contributed by atoms with E-state index < -0.39 is 0 Å². The Kier molecular flexibility index (Phi) is 8.19. The van der Waals surface area contributed by atoms with Crippen molar-refractivity contribution in [2.75, 3.05) is 19.6 Å². The fourth-order valence-corrected chi connectivity index (χ4v) is 3.02. The van der Waals surface area contributed by atoms with Gasteiger partial charge >= 0.3 is 0 Å². The lowest BCUT2D eigenvalue weighted by molar-refractivity contribution is 0.304. The van der Waals surface area contributed by atoms with E-state index in [2.05, 4.69) is 39.5 Å². The molecule has 0 saturated carbocycles. The number of nitrogens with zero attached hydrogens (tertiary/aromatic N) is 1.